The number of allylic oxidation sites excluding steroid dienone is 2. The fourth-order valence-corrected chi connectivity index (χ4v) is 0.837. The molecule has 0 bridgehead atoms. The highest BCUT2D eigenvalue weighted by Gasteiger charge is 2.30. The molecule has 1 heterocycles. The maximum absolute atomic E-state index is 10.6. The van der Waals surface area contributed by atoms with E-state index in [1.54, 1.807) is 18.4 Å². The highest BCUT2D eigenvalue weighted by molar-refractivity contribution is 6.71. The Morgan fingerprint density at radius 2 is 2.20 bits per heavy atom. The largest absolute Gasteiger partial charge is 0.363 e. The third-order valence-electron chi connectivity index (χ3n) is 1.11. The summed E-state index contributed by atoms with van der Waals surface area (Å²) in [6.45, 7) is 0. The number of carbonyl (C=O) groups excluding carboxylic acids is 1. The molecule has 0 aromatic heterocycles. The van der Waals surface area contributed by atoms with Gasteiger partial charge in [0.2, 0.25) is 5.00 Å². The third kappa shape index (κ3) is 1.33. The van der Waals surface area contributed by atoms with Crippen LogP contribution >= 0.6 is 23.2 Å². The Hall–Kier alpha value is -0.470. The van der Waals surface area contributed by atoms with E-state index in [2.05, 4.69) is 5.32 Å². The summed E-state index contributed by atoms with van der Waals surface area (Å²) >= 11 is 10.9. The zero-order valence-corrected chi connectivity index (χ0v) is 6.49. The lowest BCUT2D eigenvalue weighted by Gasteiger charge is -2.20. The number of halogens is 2. The van der Waals surface area contributed by atoms with E-state index in [9.17, 15) is 4.79 Å². The van der Waals surface area contributed by atoms with Gasteiger partial charge < -0.3 is 5.32 Å². The maximum atomic E-state index is 10.6. The van der Waals surface area contributed by atoms with Crippen LogP contribution in [0.25, 0.3) is 0 Å². The van der Waals surface area contributed by atoms with Gasteiger partial charge >= 0.3 is 0 Å². The summed E-state index contributed by atoms with van der Waals surface area (Å²) in [7, 11) is 0. The standard InChI is InChI=1S/C6H5Cl2NO/c7-5(10)6(8)3-1-2-4-9-6/h1-4,9H. The van der Waals surface area contributed by atoms with Crippen LogP contribution in [0.15, 0.2) is 24.4 Å². The van der Waals surface area contributed by atoms with E-state index in [0.717, 1.165) is 0 Å². The quantitative estimate of drug-likeness (QED) is 0.373. The molecule has 1 atom stereocenters. The van der Waals surface area contributed by atoms with E-state index >= 15 is 0 Å². The molecule has 0 radical (unpaired) electrons. The summed E-state index contributed by atoms with van der Waals surface area (Å²) in [5, 5.41) is 1.98. The molecule has 1 rings (SSSR count). The molecule has 2 nitrogen and oxygen atoms in total. The predicted molar refractivity (Wildman–Crippen MR) is 40.9 cm³/mol. The second kappa shape index (κ2) is 2.64. The average Bonchev–Trinajstić information content (AvgIpc) is 1.89. The number of rotatable bonds is 1. The van der Waals surface area contributed by atoms with Gasteiger partial charge in [-0.1, -0.05) is 17.7 Å². The Labute approximate surface area is 68.5 Å². The van der Waals surface area contributed by atoms with Crippen molar-refractivity contribution >= 4 is 28.4 Å². The Bertz CT molecular complexity index is 212. The van der Waals surface area contributed by atoms with Crippen molar-refractivity contribution in [3.63, 3.8) is 0 Å². The van der Waals surface area contributed by atoms with Crippen LogP contribution in [0.2, 0.25) is 0 Å². The molecule has 10 heavy (non-hydrogen) atoms. The number of carbonyl (C=O) groups is 1. The first-order chi connectivity index (χ1) is 4.65. The van der Waals surface area contributed by atoms with E-state index in [1.165, 1.54) is 6.08 Å². The molecule has 0 saturated carbocycles. The highest BCUT2D eigenvalue weighted by Crippen LogP contribution is 2.19. The van der Waals surface area contributed by atoms with Crippen LogP contribution in [0.1, 0.15) is 0 Å². The maximum Gasteiger partial charge on any atom is 0.266 e. The van der Waals surface area contributed by atoms with Crippen LogP contribution in [0.5, 0.6) is 0 Å². The molecule has 1 unspecified atom stereocenters. The minimum Gasteiger partial charge on any atom is -0.363 e. The van der Waals surface area contributed by atoms with E-state index in [-0.39, 0.29) is 0 Å². The zero-order chi connectivity index (χ0) is 7.61. The second-order valence-corrected chi connectivity index (χ2v) is 2.79. The van der Waals surface area contributed by atoms with Gasteiger partial charge in [0.25, 0.3) is 5.24 Å². The molecule has 0 saturated heterocycles. The van der Waals surface area contributed by atoms with Crippen molar-refractivity contribution in [1.82, 2.24) is 5.32 Å². The molecule has 0 aliphatic carbocycles. The Morgan fingerprint density at radius 3 is 2.50 bits per heavy atom. The SMILES string of the molecule is O=C(Cl)C1(Cl)C=CC=CN1. The zero-order valence-electron chi connectivity index (χ0n) is 4.97. The number of nitrogens with one attached hydrogen (secondary N) is 1. The fraction of sp³-hybridized carbons (Fsp3) is 0.167. The Balaban J connectivity index is 2.80. The molecule has 54 valence electrons. The molecular weight excluding hydrogens is 173 g/mol. The predicted octanol–water partition coefficient (Wildman–Crippen LogP) is 1.36. The normalized spacial score (nSPS) is 29.8. The van der Waals surface area contributed by atoms with Gasteiger partial charge in [-0.25, -0.2) is 0 Å². The fourth-order valence-electron chi connectivity index (χ4n) is 0.583. The lowest BCUT2D eigenvalue weighted by molar-refractivity contribution is -0.113. The first kappa shape index (κ1) is 7.63. The molecule has 4 heteroatoms. The molecule has 1 N–H and O–H groups in total. The first-order valence-electron chi connectivity index (χ1n) is 2.66. The first-order valence-corrected chi connectivity index (χ1v) is 3.42. The van der Waals surface area contributed by atoms with Crippen LogP contribution in [-0.4, -0.2) is 10.2 Å². The van der Waals surface area contributed by atoms with Gasteiger partial charge in [0.05, 0.1) is 0 Å². The lowest BCUT2D eigenvalue weighted by Crippen LogP contribution is -2.40. The van der Waals surface area contributed by atoms with Gasteiger partial charge in [-0.2, -0.15) is 0 Å². The molecule has 1 aliphatic heterocycles. The number of hydrogen-bond donors (Lipinski definition) is 1. The Kier molecular flexibility index (Phi) is 2.02. The number of dihydropyridines is 1. The molecular formula is C6H5Cl2NO. The topological polar surface area (TPSA) is 29.1 Å². The van der Waals surface area contributed by atoms with Crippen LogP contribution in [0.3, 0.4) is 0 Å². The van der Waals surface area contributed by atoms with Crippen LogP contribution < -0.4 is 5.32 Å². The van der Waals surface area contributed by atoms with Crippen molar-refractivity contribution in [3.8, 4) is 0 Å². The minimum atomic E-state index is -1.24. The Morgan fingerprint density at radius 1 is 1.50 bits per heavy atom. The third-order valence-corrected chi connectivity index (χ3v) is 1.91. The highest BCUT2D eigenvalue weighted by atomic mass is 35.5. The summed E-state index contributed by atoms with van der Waals surface area (Å²) in [5.41, 5.74) is 0. The molecule has 1 aliphatic rings. The summed E-state index contributed by atoms with van der Waals surface area (Å²) in [6, 6.07) is 0. The van der Waals surface area contributed by atoms with Crippen molar-refractivity contribution in [3.05, 3.63) is 24.4 Å². The molecule has 0 amide bonds. The van der Waals surface area contributed by atoms with Crippen LogP contribution in [-0.2, 0) is 4.79 Å². The van der Waals surface area contributed by atoms with Crippen molar-refractivity contribution in [2.24, 2.45) is 0 Å². The van der Waals surface area contributed by atoms with Crippen LogP contribution in [0.4, 0.5) is 0 Å². The lowest BCUT2D eigenvalue weighted by atomic mass is 10.2. The van der Waals surface area contributed by atoms with Gasteiger partial charge in [0, 0.05) is 0 Å². The summed E-state index contributed by atoms with van der Waals surface area (Å²) in [5.74, 6) is 0. The van der Waals surface area contributed by atoms with Gasteiger partial charge in [-0.3, -0.25) is 4.79 Å². The van der Waals surface area contributed by atoms with Crippen LogP contribution in [0, 0.1) is 0 Å². The summed E-state index contributed by atoms with van der Waals surface area (Å²) in [4.78, 5) is 9.37. The summed E-state index contributed by atoms with van der Waals surface area (Å²) in [6.07, 6.45) is 6.43. The summed E-state index contributed by atoms with van der Waals surface area (Å²) < 4.78 is 0. The average molecular weight is 178 g/mol. The number of alkyl halides is 1. The van der Waals surface area contributed by atoms with Crippen molar-refractivity contribution in [2.45, 2.75) is 5.00 Å². The van der Waals surface area contributed by atoms with Crippen molar-refractivity contribution < 1.29 is 4.79 Å². The monoisotopic (exact) mass is 177 g/mol. The van der Waals surface area contributed by atoms with Crippen molar-refractivity contribution in [1.29, 1.82) is 0 Å². The molecule has 0 spiro atoms. The van der Waals surface area contributed by atoms with E-state index in [1.807, 2.05) is 0 Å². The van der Waals surface area contributed by atoms with E-state index in [4.69, 9.17) is 23.2 Å². The molecule has 0 fully saturated rings. The van der Waals surface area contributed by atoms with Gasteiger partial charge in [-0.15, -0.1) is 0 Å². The molecule has 0 aromatic carbocycles. The van der Waals surface area contributed by atoms with Gasteiger partial charge in [0.1, 0.15) is 0 Å². The van der Waals surface area contributed by atoms with E-state index < -0.39 is 10.2 Å². The van der Waals surface area contributed by atoms with Gasteiger partial charge in [0.15, 0.2) is 0 Å². The van der Waals surface area contributed by atoms with Gasteiger partial charge in [-0.05, 0) is 30.0 Å². The number of hydrogen-bond acceptors (Lipinski definition) is 2. The minimum absolute atomic E-state index is 0.630. The second-order valence-electron chi connectivity index (χ2n) is 1.85. The smallest absolute Gasteiger partial charge is 0.266 e. The molecule has 0 aromatic rings. The van der Waals surface area contributed by atoms with E-state index in [0.29, 0.717) is 0 Å². The van der Waals surface area contributed by atoms with Crippen molar-refractivity contribution in [2.75, 3.05) is 0 Å².